The average molecular weight is 85.1 g/mol. The molecule has 0 heterocycles. The monoisotopic (exact) mass is 85.0 g/mol. The van der Waals surface area contributed by atoms with E-state index >= 15 is 0 Å². The molecule has 2 N–H and O–H groups in total. The number of nitrogens with two attached hydrogens (primary N) is 1. The zero-order valence-corrected chi connectivity index (χ0v) is 3.43. The van der Waals surface area contributed by atoms with Gasteiger partial charge in [0, 0.05) is 6.92 Å². The first kappa shape index (κ1) is 8.88. The van der Waals surface area contributed by atoms with Crippen LogP contribution in [-0.4, -0.2) is 5.91 Å². The highest BCUT2D eigenvalue weighted by Crippen LogP contribution is 1.33. The summed E-state index contributed by atoms with van der Waals surface area (Å²) < 4.78 is 0. The highest BCUT2D eigenvalue weighted by molar-refractivity contribution is 5.70. The predicted octanol–water partition coefficient (Wildman–Crippen LogP) is -0.412. The zero-order valence-electron chi connectivity index (χ0n) is 3.43. The first-order chi connectivity index (χ1) is 2.73. The fourth-order valence-electron chi connectivity index (χ4n) is 0. The molecule has 0 aliphatic heterocycles. The Morgan fingerprint density at radius 3 is 1.83 bits per heavy atom. The Morgan fingerprint density at radius 1 is 1.83 bits per heavy atom. The minimum atomic E-state index is -0.333. The number of amides is 1. The van der Waals surface area contributed by atoms with E-state index in [1.165, 1.54) is 6.92 Å². The van der Waals surface area contributed by atoms with E-state index in [1.807, 2.05) is 0 Å². The van der Waals surface area contributed by atoms with Crippen LogP contribution in [0.15, 0.2) is 0 Å². The minimum Gasteiger partial charge on any atom is -0.512 e. The lowest BCUT2D eigenvalue weighted by molar-refractivity contribution is -0.115. The van der Waals surface area contributed by atoms with Gasteiger partial charge in [0.2, 0.25) is 5.91 Å². The van der Waals surface area contributed by atoms with Crippen molar-refractivity contribution in [2.45, 2.75) is 6.92 Å². The van der Waals surface area contributed by atoms with Gasteiger partial charge in [-0.3, -0.25) is 4.79 Å². The summed E-state index contributed by atoms with van der Waals surface area (Å²) in [6, 6.07) is 0. The van der Waals surface area contributed by atoms with Gasteiger partial charge in [-0.1, -0.05) is 0 Å². The Labute approximate surface area is 36.4 Å². The molecule has 6 heavy (non-hydrogen) atoms. The molecule has 0 aliphatic carbocycles. The van der Waals surface area contributed by atoms with E-state index < -0.39 is 0 Å². The van der Waals surface area contributed by atoms with Crippen LogP contribution in [0.25, 0.3) is 0 Å². The first-order valence-corrected chi connectivity index (χ1v) is 1.22. The topological polar surface area (TPSA) is 66.9 Å². The van der Waals surface area contributed by atoms with Crippen molar-refractivity contribution in [2.24, 2.45) is 5.73 Å². The van der Waals surface area contributed by atoms with E-state index in [9.17, 15) is 4.79 Å². The van der Waals surface area contributed by atoms with Crippen LogP contribution in [0.5, 0.6) is 0 Å². The standard InChI is InChI=1S/C2H5NO.CN/c1-2(3)4;1-2/h1H3,(H2,3,4);/q;-1. The molecule has 3 nitrogen and oxygen atoms in total. The molecular formula is C3H5N2O-. The molecule has 3 heteroatoms. The van der Waals surface area contributed by atoms with E-state index in [4.69, 9.17) is 11.8 Å². The number of carbonyl (C=O) groups excluding carboxylic acids is 1. The summed E-state index contributed by atoms with van der Waals surface area (Å²) >= 11 is 0. The van der Waals surface area contributed by atoms with Crippen LogP contribution in [0.1, 0.15) is 6.92 Å². The molecule has 0 atom stereocenters. The van der Waals surface area contributed by atoms with Gasteiger partial charge >= 0.3 is 0 Å². The number of carbonyl (C=O) groups is 1. The van der Waals surface area contributed by atoms with Crippen LogP contribution in [-0.2, 0) is 4.79 Å². The number of hydrogen-bond donors (Lipinski definition) is 1. The Kier molecular flexibility index (Phi) is 13.4. The number of rotatable bonds is 0. The van der Waals surface area contributed by atoms with Crippen LogP contribution >= 0.6 is 0 Å². The summed E-state index contributed by atoms with van der Waals surface area (Å²) in [5.74, 6) is -0.333. The van der Waals surface area contributed by atoms with Crippen LogP contribution in [0, 0.1) is 11.8 Å². The molecule has 0 aromatic heterocycles. The third-order valence-corrected chi connectivity index (χ3v) is 0. The van der Waals surface area contributed by atoms with Crippen molar-refractivity contribution < 1.29 is 4.79 Å². The lowest BCUT2D eigenvalue weighted by Gasteiger charge is -1.60. The first-order valence-electron chi connectivity index (χ1n) is 1.22. The fraction of sp³-hybridized carbons (Fsp3) is 0.333. The summed E-state index contributed by atoms with van der Waals surface area (Å²) in [6.45, 7) is 6.06. The molecule has 0 aromatic carbocycles. The maximum absolute atomic E-state index is 9.22. The number of primary amides is 1. The normalized spacial score (nSPS) is 4.50. The van der Waals surface area contributed by atoms with Gasteiger partial charge < -0.3 is 17.6 Å². The van der Waals surface area contributed by atoms with Gasteiger partial charge in [0.1, 0.15) is 0 Å². The smallest absolute Gasteiger partial charge is 0.214 e. The molecular weight excluding hydrogens is 80.0 g/mol. The molecule has 0 unspecified atom stereocenters. The second kappa shape index (κ2) is 9.03. The van der Waals surface area contributed by atoms with Crippen molar-refractivity contribution in [1.82, 2.24) is 0 Å². The lowest BCUT2D eigenvalue weighted by Crippen LogP contribution is -2.01. The van der Waals surface area contributed by atoms with E-state index in [2.05, 4.69) is 5.73 Å². The van der Waals surface area contributed by atoms with Crippen LogP contribution in [0.2, 0.25) is 0 Å². The third kappa shape index (κ3) is 10.5. The lowest BCUT2D eigenvalue weighted by atomic mass is 10.8. The second-order valence-corrected chi connectivity index (χ2v) is 0.611. The molecule has 34 valence electrons. The Hall–Kier alpha value is -1.04. The van der Waals surface area contributed by atoms with Crippen molar-refractivity contribution in [3.05, 3.63) is 6.57 Å². The molecule has 0 saturated carbocycles. The van der Waals surface area contributed by atoms with Gasteiger partial charge in [-0.05, 0) is 0 Å². The van der Waals surface area contributed by atoms with Crippen molar-refractivity contribution in [3.8, 4) is 0 Å². The van der Waals surface area contributed by atoms with Crippen molar-refractivity contribution in [3.63, 3.8) is 0 Å². The summed E-state index contributed by atoms with van der Waals surface area (Å²) in [5, 5.41) is 6.25. The highest BCUT2D eigenvalue weighted by atomic mass is 16.1. The molecule has 0 saturated heterocycles. The van der Waals surface area contributed by atoms with Crippen molar-refractivity contribution >= 4 is 5.91 Å². The van der Waals surface area contributed by atoms with Gasteiger partial charge in [0.05, 0.1) is 0 Å². The van der Waals surface area contributed by atoms with Gasteiger partial charge in [-0.15, -0.1) is 0 Å². The largest absolute Gasteiger partial charge is 0.512 e. The molecule has 0 rings (SSSR count). The second-order valence-electron chi connectivity index (χ2n) is 0.611. The van der Waals surface area contributed by atoms with E-state index in [-0.39, 0.29) is 5.91 Å². The predicted molar refractivity (Wildman–Crippen MR) is 19.8 cm³/mol. The maximum atomic E-state index is 9.22. The molecule has 1 amide bonds. The van der Waals surface area contributed by atoms with Crippen molar-refractivity contribution in [2.75, 3.05) is 0 Å². The Morgan fingerprint density at radius 2 is 1.83 bits per heavy atom. The molecule has 0 bridgehead atoms. The van der Waals surface area contributed by atoms with Crippen molar-refractivity contribution in [1.29, 1.82) is 5.26 Å². The van der Waals surface area contributed by atoms with Crippen LogP contribution in [0.3, 0.4) is 0 Å². The molecule has 0 spiro atoms. The van der Waals surface area contributed by atoms with Crippen LogP contribution in [0.4, 0.5) is 0 Å². The average Bonchev–Trinajstić information content (AvgIpc) is 1.41. The summed E-state index contributed by atoms with van der Waals surface area (Å²) in [5.41, 5.74) is 4.47. The number of hydrogen-bond acceptors (Lipinski definition) is 2. The van der Waals surface area contributed by atoms with Crippen LogP contribution < -0.4 is 5.73 Å². The maximum Gasteiger partial charge on any atom is 0.214 e. The third-order valence-electron chi connectivity index (χ3n) is 0. The quantitative estimate of drug-likeness (QED) is 0.406. The summed E-state index contributed by atoms with van der Waals surface area (Å²) in [4.78, 5) is 9.22. The van der Waals surface area contributed by atoms with E-state index in [0.29, 0.717) is 0 Å². The highest BCUT2D eigenvalue weighted by Gasteiger charge is 1.61. The molecule has 0 fully saturated rings. The van der Waals surface area contributed by atoms with Gasteiger partial charge in [0.15, 0.2) is 0 Å². The van der Waals surface area contributed by atoms with E-state index in [0.717, 1.165) is 0 Å². The van der Waals surface area contributed by atoms with Gasteiger partial charge in [-0.2, -0.15) is 0 Å². The Balaban J connectivity index is 0. The fourth-order valence-corrected chi connectivity index (χ4v) is 0. The zero-order chi connectivity index (χ0) is 5.58. The summed E-state index contributed by atoms with van der Waals surface area (Å²) in [6.07, 6.45) is 0. The molecule has 0 radical (unpaired) electrons. The Bertz CT molecular complexity index is 53.1. The molecule has 0 aliphatic rings. The van der Waals surface area contributed by atoms with Gasteiger partial charge in [-0.25, -0.2) is 0 Å². The molecule has 0 aromatic rings. The number of nitrogens with zero attached hydrogens (tertiary/aromatic N) is 1. The SMILES string of the molecule is CC(N)=O.[C-]#N. The minimum absolute atomic E-state index is 0.333. The van der Waals surface area contributed by atoms with Gasteiger partial charge in [0.25, 0.3) is 0 Å². The van der Waals surface area contributed by atoms with E-state index in [1.54, 1.807) is 0 Å². The summed E-state index contributed by atoms with van der Waals surface area (Å²) in [7, 11) is 0.